The Labute approximate surface area is 114 Å². The van der Waals surface area contributed by atoms with Crippen LogP contribution in [0.15, 0.2) is 35.3 Å². The van der Waals surface area contributed by atoms with Crippen LogP contribution in [-0.4, -0.2) is 35.7 Å². The van der Waals surface area contributed by atoms with E-state index in [1.165, 1.54) is 0 Å². The third kappa shape index (κ3) is 3.68. The van der Waals surface area contributed by atoms with E-state index in [2.05, 4.69) is 36.1 Å². The van der Waals surface area contributed by atoms with Gasteiger partial charge in [0.15, 0.2) is 0 Å². The van der Waals surface area contributed by atoms with E-state index in [1.807, 2.05) is 30.3 Å². The minimum absolute atomic E-state index is 0.151. The zero-order valence-electron chi connectivity index (χ0n) is 11.8. The van der Waals surface area contributed by atoms with Crippen LogP contribution in [-0.2, 0) is 4.74 Å². The largest absolute Gasteiger partial charge is 0.369 e. The van der Waals surface area contributed by atoms with Crippen molar-refractivity contribution in [2.24, 2.45) is 10.8 Å². The number of nitrogens with one attached hydrogen (secondary N) is 1. The second-order valence-corrected chi connectivity index (χ2v) is 5.48. The number of guanidine groups is 1. The molecule has 0 spiro atoms. The lowest BCUT2D eigenvalue weighted by Gasteiger charge is -2.42. The number of benzene rings is 1. The highest BCUT2D eigenvalue weighted by Crippen LogP contribution is 2.21. The molecule has 0 saturated carbocycles. The van der Waals surface area contributed by atoms with Crippen LogP contribution in [0.4, 0.5) is 5.69 Å². The lowest BCUT2D eigenvalue weighted by molar-refractivity contribution is -0.113. The summed E-state index contributed by atoms with van der Waals surface area (Å²) in [5.41, 5.74) is 3.38. The van der Waals surface area contributed by atoms with Crippen molar-refractivity contribution in [3.63, 3.8) is 0 Å². The van der Waals surface area contributed by atoms with Crippen molar-refractivity contribution in [1.82, 2.24) is 10.3 Å². The van der Waals surface area contributed by atoms with Crippen molar-refractivity contribution in [1.29, 1.82) is 0 Å². The van der Waals surface area contributed by atoms with Crippen LogP contribution in [0.2, 0.25) is 0 Å². The van der Waals surface area contributed by atoms with Gasteiger partial charge in [0.25, 0.3) is 0 Å². The van der Waals surface area contributed by atoms with Crippen LogP contribution in [0.25, 0.3) is 0 Å². The van der Waals surface area contributed by atoms with E-state index in [0.29, 0.717) is 5.96 Å². The Morgan fingerprint density at radius 1 is 1.42 bits per heavy atom. The second kappa shape index (κ2) is 5.59. The van der Waals surface area contributed by atoms with Gasteiger partial charge in [0.1, 0.15) is 0 Å². The molecule has 104 valence electrons. The van der Waals surface area contributed by atoms with Crippen molar-refractivity contribution in [2.45, 2.75) is 32.5 Å². The lowest BCUT2D eigenvalue weighted by atomic mass is 10.1. The zero-order valence-corrected chi connectivity index (χ0v) is 11.8. The highest BCUT2D eigenvalue weighted by Gasteiger charge is 2.32. The molecule has 1 atom stereocenters. The van der Waals surface area contributed by atoms with E-state index in [-0.39, 0.29) is 11.7 Å². The molecule has 2 rings (SSSR count). The van der Waals surface area contributed by atoms with Gasteiger partial charge in [0.05, 0.1) is 17.4 Å². The third-order valence-electron chi connectivity index (χ3n) is 2.99. The molecule has 1 aromatic rings. The molecule has 1 aromatic carbocycles. The topological polar surface area (TPSA) is 62.9 Å². The van der Waals surface area contributed by atoms with E-state index in [0.717, 1.165) is 18.8 Å². The van der Waals surface area contributed by atoms with Gasteiger partial charge in [-0.15, -0.1) is 0 Å². The van der Waals surface area contributed by atoms with E-state index in [4.69, 9.17) is 10.6 Å². The molecule has 1 unspecified atom stereocenters. The summed E-state index contributed by atoms with van der Waals surface area (Å²) in [4.78, 5) is 6.68. The van der Waals surface area contributed by atoms with Gasteiger partial charge < -0.3 is 9.64 Å². The second-order valence-electron chi connectivity index (χ2n) is 5.48. The van der Waals surface area contributed by atoms with Crippen molar-refractivity contribution < 1.29 is 4.74 Å². The average molecular weight is 262 g/mol. The third-order valence-corrected chi connectivity index (χ3v) is 2.99. The number of morpholine rings is 1. The molecule has 5 nitrogen and oxygen atoms in total. The van der Waals surface area contributed by atoms with Gasteiger partial charge in [-0.25, -0.2) is 10.8 Å². The number of ether oxygens (including phenoxy) is 1. The monoisotopic (exact) mass is 262 g/mol. The molecule has 5 heteroatoms. The quantitative estimate of drug-likeness (QED) is 0.349. The lowest BCUT2D eigenvalue weighted by Crippen LogP contribution is -2.57. The molecule has 1 heterocycles. The number of nitrogens with two attached hydrogens (primary N) is 1. The molecule has 1 saturated heterocycles. The molecular formula is C14H22N4O. The summed E-state index contributed by atoms with van der Waals surface area (Å²) in [7, 11) is 0. The summed E-state index contributed by atoms with van der Waals surface area (Å²) in [6.07, 6.45) is 0.151. The van der Waals surface area contributed by atoms with Crippen LogP contribution >= 0.6 is 0 Å². The summed E-state index contributed by atoms with van der Waals surface area (Å²) in [6, 6.07) is 9.78. The first-order chi connectivity index (χ1) is 9.00. The SMILES string of the molecule is CC1CN(C(=Nc2ccccc2)NN)CC(C)(C)O1. The molecule has 1 fully saturated rings. The molecule has 0 aliphatic carbocycles. The summed E-state index contributed by atoms with van der Waals surface area (Å²) >= 11 is 0. The summed E-state index contributed by atoms with van der Waals surface area (Å²) < 4.78 is 5.88. The number of aliphatic imine (C=N–C) groups is 1. The highest BCUT2D eigenvalue weighted by atomic mass is 16.5. The smallest absolute Gasteiger partial charge is 0.213 e. The van der Waals surface area contributed by atoms with Crippen molar-refractivity contribution in [2.75, 3.05) is 13.1 Å². The number of hydrogen-bond donors (Lipinski definition) is 2. The van der Waals surface area contributed by atoms with Crippen molar-refractivity contribution in [3.05, 3.63) is 30.3 Å². The molecule has 1 aliphatic heterocycles. The molecule has 0 aromatic heterocycles. The Bertz CT molecular complexity index is 444. The Hall–Kier alpha value is -1.59. The van der Waals surface area contributed by atoms with Crippen molar-refractivity contribution >= 4 is 11.6 Å². The van der Waals surface area contributed by atoms with Crippen molar-refractivity contribution in [3.8, 4) is 0 Å². The molecule has 3 N–H and O–H groups in total. The van der Waals surface area contributed by atoms with E-state index in [9.17, 15) is 0 Å². The molecule has 19 heavy (non-hydrogen) atoms. The standard InChI is InChI=1S/C14H22N4O/c1-11-9-18(10-14(2,3)19-11)13(17-15)16-12-7-5-4-6-8-12/h4-8,11H,9-10,15H2,1-3H3,(H,16,17). The fraction of sp³-hybridized carbons (Fsp3) is 0.500. The summed E-state index contributed by atoms with van der Waals surface area (Å²) in [6.45, 7) is 7.75. The minimum atomic E-state index is -0.202. The first-order valence-corrected chi connectivity index (χ1v) is 6.53. The van der Waals surface area contributed by atoms with E-state index < -0.39 is 0 Å². The van der Waals surface area contributed by atoms with Gasteiger partial charge in [-0.1, -0.05) is 18.2 Å². The van der Waals surface area contributed by atoms with Crippen LogP contribution in [0.3, 0.4) is 0 Å². The number of nitrogens with zero attached hydrogens (tertiary/aromatic N) is 2. The van der Waals surface area contributed by atoms with Crippen LogP contribution < -0.4 is 11.3 Å². The fourth-order valence-electron chi connectivity index (χ4n) is 2.43. The van der Waals surface area contributed by atoms with Crippen LogP contribution in [0.1, 0.15) is 20.8 Å². The zero-order chi connectivity index (χ0) is 13.9. The van der Waals surface area contributed by atoms with Gasteiger partial charge in [-0.05, 0) is 32.9 Å². The summed E-state index contributed by atoms with van der Waals surface area (Å²) in [5.74, 6) is 6.30. The molecule has 0 amide bonds. The maximum atomic E-state index is 5.88. The van der Waals surface area contributed by atoms with E-state index >= 15 is 0 Å². The molecule has 1 aliphatic rings. The van der Waals surface area contributed by atoms with Gasteiger partial charge in [-0.2, -0.15) is 0 Å². The fourth-order valence-corrected chi connectivity index (χ4v) is 2.43. The Morgan fingerprint density at radius 3 is 2.68 bits per heavy atom. The number of para-hydroxylation sites is 1. The number of hydrazine groups is 1. The molecule has 0 radical (unpaired) electrons. The maximum absolute atomic E-state index is 5.88. The molecule has 0 bridgehead atoms. The Morgan fingerprint density at radius 2 is 2.11 bits per heavy atom. The van der Waals surface area contributed by atoms with Gasteiger partial charge in [-0.3, -0.25) is 5.43 Å². The first-order valence-electron chi connectivity index (χ1n) is 6.53. The average Bonchev–Trinajstić information content (AvgIpc) is 2.34. The van der Waals surface area contributed by atoms with Gasteiger partial charge in [0, 0.05) is 13.1 Å². The van der Waals surface area contributed by atoms with Crippen LogP contribution in [0.5, 0.6) is 0 Å². The predicted molar refractivity (Wildman–Crippen MR) is 77.1 cm³/mol. The number of rotatable bonds is 1. The first kappa shape index (κ1) is 13.8. The van der Waals surface area contributed by atoms with E-state index in [1.54, 1.807) is 0 Å². The predicted octanol–water partition coefficient (Wildman–Crippen LogP) is 1.64. The molecular weight excluding hydrogens is 240 g/mol. The summed E-state index contributed by atoms with van der Waals surface area (Å²) in [5, 5.41) is 0. The van der Waals surface area contributed by atoms with Gasteiger partial charge >= 0.3 is 0 Å². The minimum Gasteiger partial charge on any atom is -0.369 e. The number of hydrogen-bond acceptors (Lipinski definition) is 3. The normalized spacial score (nSPS) is 23.3. The maximum Gasteiger partial charge on any atom is 0.213 e. The van der Waals surface area contributed by atoms with Crippen LogP contribution in [0, 0.1) is 0 Å². The van der Waals surface area contributed by atoms with Gasteiger partial charge in [0.2, 0.25) is 5.96 Å². The Kier molecular flexibility index (Phi) is 4.07. The highest BCUT2D eigenvalue weighted by molar-refractivity contribution is 5.82. The Balaban J connectivity index is 2.20.